The summed E-state index contributed by atoms with van der Waals surface area (Å²) >= 11 is 0. The van der Waals surface area contributed by atoms with Gasteiger partial charge in [0.1, 0.15) is 12.2 Å². The Balaban J connectivity index is 1.82. The standard InChI is InChI=1S/C22H30N2O4/c1-5-23(6-2)18-10-11-19-17(12-21(25)28-20(19)13-18)14-27-22(26)24-15(3)8-7-9-16(24)4/h10-13,15-16H,5-9,14H2,1-4H3/t15-,16+. The van der Waals surface area contributed by atoms with Gasteiger partial charge in [0.15, 0.2) is 0 Å². The summed E-state index contributed by atoms with van der Waals surface area (Å²) in [6.45, 7) is 10.1. The van der Waals surface area contributed by atoms with Crippen LogP contribution in [0.2, 0.25) is 0 Å². The number of likely N-dealkylation sites (tertiary alicyclic amines) is 1. The van der Waals surface area contributed by atoms with Crippen LogP contribution in [0.4, 0.5) is 10.5 Å². The quantitative estimate of drug-likeness (QED) is 0.706. The molecule has 6 nitrogen and oxygen atoms in total. The Hall–Kier alpha value is -2.50. The number of amides is 1. The van der Waals surface area contributed by atoms with Crippen molar-refractivity contribution in [1.82, 2.24) is 4.90 Å². The second-order valence-electron chi connectivity index (χ2n) is 7.53. The van der Waals surface area contributed by atoms with Crippen LogP contribution >= 0.6 is 0 Å². The predicted octanol–water partition coefficient (Wildman–Crippen LogP) is 4.54. The molecule has 3 rings (SSSR count). The van der Waals surface area contributed by atoms with Gasteiger partial charge in [0.05, 0.1) is 0 Å². The molecule has 2 atom stereocenters. The number of ether oxygens (including phenoxy) is 1. The van der Waals surface area contributed by atoms with Gasteiger partial charge in [-0.3, -0.25) is 0 Å². The van der Waals surface area contributed by atoms with Crippen LogP contribution in [0.15, 0.2) is 33.5 Å². The molecule has 28 heavy (non-hydrogen) atoms. The number of rotatable bonds is 5. The second kappa shape index (κ2) is 8.67. The molecule has 1 amide bonds. The second-order valence-corrected chi connectivity index (χ2v) is 7.53. The molecule has 1 aromatic carbocycles. The normalized spacial score (nSPS) is 19.6. The van der Waals surface area contributed by atoms with Gasteiger partial charge in [-0.2, -0.15) is 0 Å². The van der Waals surface area contributed by atoms with Gasteiger partial charge in [-0.15, -0.1) is 0 Å². The Labute approximate surface area is 166 Å². The van der Waals surface area contributed by atoms with Crippen LogP contribution in [0.3, 0.4) is 0 Å². The Bertz CT molecular complexity index is 878. The van der Waals surface area contributed by atoms with E-state index in [0.29, 0.717) is 11.1 Å². The number of carbonyl (C=O) groups is 1. The van der Waals surface area contributed by atoms with Crippen LogP contribution in [-0.2, 0) is 11.3 Å². The summed E-state index contributed by atoms with van der Waals surface area (Å²) in [5.74, 6) is 0. The Kier molecular flexibility index (Phi) is 6.27. The largest absolute Gasteiger partial charge is 0.444 e. The van der Waals surface area contributed by atoms with Crippen LogP contribution in [0, 0.1) is 0 Å². The molecule has 0 saturated carbocycles. The fourth-order valence-corrected chi connectivity index (χ4v) is 4.12. The van der Waals surface area contributed by atoms with Gasteiger partial charge in [0.2, 0.25) is 0 Å². The Morgan fingerprint density at radius 2 is 1.86 bits per heavy atom. The first-order chi connectivity index (χ1) is 13.4. The topological polar surface area (TPSA) is 63.0 Å². The lowest BCUT2D eigenvalue weighted by atomic mass is 9.98. The molecule has 0 bridgehead atoms. The van der Waals surface area contributed by atoms with Crippen molar-refractivity contribution in [1.29, 1.82) is 0 Å². The van der Waals surface area contributed by atoms with E-state index >= 15 is 0 Å². The molecule has 0 unspecified atom stereocenters. The maximum absolute atomic E-state index is 12.6. The minimum Gasteiger partial charge on any atom is -0.444 e. The van der Waals surface area contributed by atoms with E-state index in [1.165, 1.54) is 6.07 Å². The van der Waals surface area contributed by atoms with Crippen molar-refractivity contribution in [3.05, 3.63) is 40.2 Å². The maximum Gasteiger partial charge on any atom is 0.410 e. The number of anilines is 1. The number of benzene rings is 1. The smallest absolute Gasteiger partial charge is 0.410 e. The lowest BCUT2D eigenvalue weighted by molar-refractivity contribution is 0.0511. The van der Waals surface area contributed by atoms with Crippen LogP contribution in [0.1, 0.15) is 52.5 Å². The van der Waals surface area contributed by atoms with Crippen LogP contribution in [0.5, 0.6) is 0 Å². The van der Waals surface area contributed by atoms with Crippen LogP contribution in [-0.4, -0.2) is 36.2 Å². The summed E-state index contributed by atoms with van der Waals surface area (Å²) in [5, 5.41) is 0.794. The molecule has 152 valence electrons. The van der Waals surface area contributed by atoms with Crippen molar-refractivity contribution in [2.24, 2.45) is 0 Å². The van der Waals surface area contributed by atoms with Crippen molar-refractivity contribution in [3.8, 4) is 0 Å². The highest BCUT2D eigenvalue weighted by Crippen LogP contribution is 2.26. The molecule has 1 fully saturated rings. The Morgan fingerprint density at radius 1 is 1.18 bits per heavy atom. The van der Waals surface area contributed by atoms with E-state index in [9.17, 15) is 9.59 Å². The Morgan fingerprint density at radius 3 is 2.50 bits per heavy atom. The van der Waals surface area contributed by atoms with E-state index in [-0.39, 0.29) is 24.8 Å². The first-order valence-corrected chi connectivity index (χ1v) is 10.2. The van der Waals surface area contributed by atoms with Crippen molar-refractivity contribution >= 4 is 22.7 Å². The summed E-state index contributed by atoms with van der Waals surface area (Å²) in [6, 6.07) is 7.58. The molecular formula is C22H30N2O4. The van der Waals surface area contributed by atoms with Gasteiger partial charge in [0, 0.05) is 53.9 Å². The minimum atomic E-state index is -0.435. The number of fused-ring (bicyclic) bond motifs is 1. The lowest BCUT2D eigenvalue weighted by Gasteiger charge is -2.38. The van der Waals surface area contributed by atoms with Crippen LogP contribution < -0.4 is 10.5 Å². The van der Waals surface area contributed by atoms with E-state index in [1.54, 1.807) is 0 Å². The summed E-state index contributed by atoms with van der Waals surface area (Å²) in [5.41, 5.74) is 1.76. The molecule has 0 N–H and O–H groups in total. The zero-order chi connectivity index (χ0) is 20.3. The van der Waals surface area contributed by atoms with E-state index in [2.05, 4.69) is 32.6 Å². The lowest BCUT2D eigenvalue weighted by Crippen LogP contribution is -2.47. The molecule has 1 saturated heterocycles. The molecule has 0 radical (unpaired) electrons. The zero-order valence-corrected chi connectivity index (χ0v) is 17.2. The SMILES string of the molecule is CCN(CC)c1ccc2c(COC(=O)N3[C@H](C)CCC[C@@H]3C)cc(=O)oc2c1. The summed E-state index contributed by atoms with van der Waals surface area (Å²) < 4.78 is 11.0. The highest BCUT2D eigenvalue weighted by atomic mass is 16.6. The summed E-state index contributed by atoms with van der Waals surface area (Å²) in [7, 11) is 0. The van der Waals surface area contributed by atoms with Crippen molar-refractivity contribution in [2.75, 3.05) is 18.0 Å². The van der Waals surface area contributed by atoms with Gasteiger partial charge in [-0.05, 0) is 59.1 Å². The van der Waals surface area contributed by atoms with Gasteiger partial charge in [0.25, 0.3) is 0 Å². The molecule has 6 heteroatoms. The molecule has 1 aromatic heterocycles. The fourth-order valence-electron chi connectivity index (χ4n) is 4.12. The molecule has 2 heterocycles. The molecule has 1 aliphatic heterocycles. The van der Waals surface area contributed by atoms with E-state index in [0.717, 1.165) is 43.4 Å². The van der Waals surface area contributed by atoms with Crippen molar-refractivity contribution < 1.29 is 13.9 Å². The third-order valence-electron chi connectivity index (χ3n) is 5.70. The molecule has 0 spiro atoms. The van der Waals surface area contributed by atoms with Crippen molar-refractivity contribution in [3.63, 3.8) is 0 Å². The third kappa shape index (κ3) is 4.16. The van der Waals surface area contributed by atoms with Gasteiger partial charge in [-0.25, -0.2) is 9.59 Å². The van der Waals surface area contributed by atoms with Gasteiger partial charge >= 0.3 is 11.7 Å². The number of hydrogen-bond donors (Lipinski definition) is 0. The first-order valence-electron chi connectivity index (χ1n) is 10.2. The highest BCUT2D eigenvalue weighted by Gasteiger charge is 2.30. The van der Waals surface area contributed by atoms with Gasteiger partial charge in [-0.1, -0.05) is 0 Å². The van der Waals surface area contributed by atoms with E-state index in [1.807, 2.05) is 23.1 Å². The third-order valence-corrected chi connectivity index (χ3v) is 5.70. The molecular weight excluding hydrogens is 356 g/mol. The number of hydrogen-bond acceptors (Lipinski definition) is 5. The number of nitrogens with zero attached hydrogens (tertiary/aromatic N) is 2. The molecule has 1 aliphatic rings. The highest BCUT2D eigenvalue weighted by molar-refractivity contribution is 5.83. The van der Waals surface area contributed by atoms with Crippen LogP contribution in [0.25, 0.3) is 11.0 Å². The first kappa shape index (κ1) is 20.2. The zero-order valence-electron chi connectivity index (χ0n) is 17.2. The number of piperidine rings is 1. The molecule has 0 aliphatic carbocycles. The predicted molar refractivity (Wildman–Crippen MR) is 111 cm³/mol. The van der Waals surface area contributed by atoms with Gasteiger partial charge < -0.3 is 19.0 Å². The summed E-state index contributed by atoms with van der Waals surface area (Å²) in [4.78, 5) is 28.7. The fraction of sp³-hybridized carbons (Fsp3) is 0.545. The average molecular weight is 386 g/mol. The van der Waals surface area contributed by atoms with Crippen molar-refractivity contribution in [2.45, 2.75) is 65.6 Å². The number of carbonyl (C=O) groups excluding carboxylic acids is 1. The maximum atomic E-state index is 12.6. The van der Waals surface area contributed by atoms with E-state index in [4.69, 9.17) is 9.15 Å². The monoisotopic (exact) mass is 386 g/mol. The minimum absolute atomic E-state index is 0.0570. The molecule has 2 aromatic rings. The summed E-state index contributed by atoms with van der Waals surface area (Å²) in [6.07, 6.45) is 2.79. The van der Waals surface area contributed by atoms with E-state index < -0.39 is 5.63 Å². The average Bonchev–Trinajstić information content (AvgIpc) is 2.66.